The van der Waals surface area contributed by atoms with Crippen LogP contribution in [0.5, 0.6) is 69.8 Å². The van der Waals surface area contributed by atoms with Crippen LogP contribution in [0.25, 0.3) is 67.0 Å². The van der Waals surface area contributed by atoms with Crippen molar-refractivity contribution in [3.05, 3.63) is 182 Å². The Morgan fingerprint density at radius 3 is 0.444 bits per heavy atom. The Morgan fingerprint density at radius 2 is 0.306 bits per heavy atom. The third-order valence-electron chi connectivity index (χ3n) is 10.8. The third kappa shape index (κ3) is 8.17. The van der Waals surface area contributed by atoms with E-state index in [1.807, 2.05) is 109 Å². The van der Waals surface area contributed by atoms with Crippen molar-refractivity contribution in [2.45, 2.75) is 0 Å². The summed E-state index contributed by atoms with van der Waals surface area (Å²) in [7, 11) is 0. The molecule has 18 nitrogen and oxygen atoms in total. The standard InChI is InChI=1S/C54H30N12O6/c1-7-19-31(20-8-1)67-49-50(68-32-21-9-2-10-22-32)62-44-43(61-49)55-37-38(56-44)40-42(60-48-47(58-40)65-53(71-35-27-15-5-16-28-35)54(66-48)72-36-29-17-6-18-30-36)41-39(37)57-45-46(59-41)64-52(70-34-25-13-4-14-26-34)51(63-45)69-33-23-11-3-12-24-33/h1-30H. The summed E-state index contributed by atoms with van der Waals surface area (Å²) in [4.78, 5) is 59.4. The number of rotatable bonds is 12. The molecule has 0 amide bonds. The Morgan fingerprint density at radius 1 is 0.167 bits per heavy atom. The van der Waals surface area contributed by atoms with Gasteiger partial charge in [0.05, 0.1) is 0 Å². The highest BCUT2D eigenvalue weighted by molar-refractivity contribution is 6.20. The van der Waals surface area contributed by atoms with Gasteiger partial charge in [-0.25, -0.2) is 29.9 Å². The molecule has 0 saturated carbocycles. The molecular weight excluding hydrogens is 913 g/mol. The smallest absolute Gasteiger partial charge is 0.286 e. The van der Waals surface area contributed by atoms with Gasteiger partial charge < -0.3 is 28.4 Å². The van der Waals surface area contributed by atoms with Gasteiger partial charge in [0.2, 0.25) is 33.9 Å². The van der Waals surface area contributed by atoms with Crippen LogP contribution in [0.15, 0.2) is 182 Å². The summed E-state index contributed by atoms with van der Waals surface area (Å²) < 4.78 is 37.7. The largest absolute Gasteiger partial charge is 0.435 e. The maximum absolute atomic E-state index is 6.28. The van der Waals surface area contributed by atoms with E-state index in [4.69, 9.17) is 88.2 Å². The number of ether oxygens (including phenoxy) is 6. The molecule has 342 valence electrons. The maximum atomic E-state index is 6.28. The maximum Gasteiger partial charge on any atom is 0.286 e. The van der Waals surface area contributed by atoms with Gasteiger partial charge in [0.1, 0.15) is 67.6 Å². The molecule has 0 aliphatic rings. The summed E-state index contributed by atoms with van der Waals surface area (Å²) in [6.07, 6.45) is 0. The Labute approximate surface area is 405 Å². The monoisotopic (exact) mass is 942 g/mol. The molecule has 0 N–H and O–H groups in total. The van der Waals surface area contributed by atoms with Crippen molar-refractivity contribution in [2.24, 2.45) is 0 Å². The van der Waals surface area contributed by atoms with E-state index in [9.17, 15) is 0 Å². The molecule has 6 aromatic heterocycles. The Hall–Kier alpha value is -10.6. The van der Waals surface area contributed by atoms with Crippen molar-refractivity contribution in [1.29, 1.82) is 0 Å². The van der Waals surface area contributed by atoms with Gasteiger partial charge >= 0.3 is 0 Å². The van der Waals surface area contributed by atoms with Crippen molar-refractivity contribution in [2.75, 3.05) is 0 Å². The summed E-state index contributed by atoms with van der Waals surface area (Å²) in [6, 6.07) is 54.8. The number of hydrogen-bond acceptors (Lipinski definition) is 18. The van der Waals surface area contributed by atoms with Crippen molar-refractivity contribution in [3.63, 3.8) is 0 Å². The van der Waals surface area contributed by atoms with E-state index in [1.165, 1.54) is 0 Å². The normalized spacial score (nSPS) is 11.3. The number of para-hydroxylation sites is 6. The molecule has 0 unspecified atom stereocenters. The van der Waals surface area contributed by atoms with Crippen molar-refractivity contribution >= 4 is 67.0 Å². The van der Waals surface area contributed by atoms with Crippen LogP contribution in [0.4, 0.5) is 0 Å². The lowest BCUT2D eigenvalue weighted by molar-refractivity contribution is 0.394. The lowest BCUT2D eigenvalue weighted by atomic mass is 10.2. The fraction of sp³-hybridized carbons (Fsp3) is 0. The van der Waals surface area contributed by atoms with Gasteiger partial charge in [-0.2, -0.15) is 29.9 Å². The minimum absolute atomic E-state index is 0.0351. The predicted octanol–water partition coefficient (Wildman–Crippen LogP) is 12.1. The highest BCUT2D eigenvalue weighted by Crippen LogP contribution is 2.39. The number of aromatic nitrogens is 12. The quantitative estimate of drug-likeness (QED) is 0.0823. The fourth-order valence-electron chi connectivity index (χ4n) is 7.56. The van der Waals surface area contributed by atoms with Gasteiger partial charge in [0.25, 0.3) is 35.3 Å². The molecule has 0 fully saturated rings. The Bertz CT molecular complexity index is 3430. The fourth-order valence-corrected chi connectivity index (χ4v) is 7.56. The van der Waals surface area contributed by atoms with E-state index in [0.29, 0.717) is 34.5 Å². The van der Waals surface area contributed by atoms with Crippen molar-refractivity contribution < 1.29 is 28.4 Å². The Kier molecular flexibility index (Phi) is 10.3. The second-order valence-electron chi connectivity index (χ2n) is 15.7. The van der Waals surface area contributed by atoms with Crippen LogP contribution in [0.1, 0.15) is 0 Å². The van der Waals surface area contributed by atoms with Crippen LogP contribution >= 0.6 is 0 Å². The summed E-state index contributed by atoms with van der Waals surface area (Å²) in [6.45, 7) is 0. The minimum atomic E-state index is 0.0351. The molecule has 0 saturated heterocycles. The summed E-state index contributed by atoms with van der Waals surface area (Å²) in [5.74, 6) is 3.16. The lowest BCUT2D eigenvalue weighted by Gasteiger charge is -2.14. The van der Waals surface area contributed by atoms with Gasteiger partial charge in [0.15, 0.2) is 0 Å². The van der Waals surface area contributed by atoms with E-state index >= 15 is 0 Å². The first-order chi connectivity index (χ1) is 35.6. The summed E-state index contributed by atoms with van der Waals surface area (Å²) in [5, 5.41) is 0. The topological polar surface area (TPSA) is 210 Å². The zero-order valence-corrected chi connectivity index (χ0v) is 37.1. The molecule has 0 aliphatic carbocycles. The Balaban J connectivity index is 1.08. The number of benzene rings is 7. The predicted molar refractivity (Wildman–Crippen MR) is 264 cm³/mol. The first-order valence-electron chi connectivity index (χ1n) is 22.3. The molecule has 0 atom stereocenters. The SMILES string of the molecule is c1ccc(Oc2nc3nc4c5nc6nc(Oc7ccccc7)c(Oc7ccccc7)nc6nc5c5nc6nc(Oc7ccccc7)c(Oc7ccccc7)nc6nc5c4nc3nc2Oc2ccccc2)cc1. The molecule has 72 heavy (non-hydrogen) atoms. The van der Waals surface area contributed by atoms with Crippen LogP contribution in [-0.4, -0.2) is 59.8 Å². The van der Waals surface area contributed by atoms with Crippen LogP contribution < -0.4 is 28.4 Å². The van der Waals surface area contributed by atoms with Gasteiger partial charge in [-0.15, -0.1) is 0 Å². The van der Waals surface area contributed by atoms with Crippen molar-refractivity contribution in [1.82, 2.24) is 59.8 Å². The first-order valence-corrected chi connectivity index (χ1v) is 22.3. The zero-order chi connectivity index (χ0) is 47.8. The van der Waals surface area contributed by atoms with Crippen LogP contribution in [0, 0.1) is 0 Å². The summed E-state index contributed by atoms with van der Waals surface area (Å²) >= 11 is 0. The lowest BCUT2D eigenvalue weighted by Crippen LogP contribution is -2.05. The van der Waals surface area contributed by atoms with Gasteiger partial charge in [-0.3, -0.25) is 0 Å². The van der Waals surface area contributed by atoms with Gasteiger partial charge in [-0.1, -0.05) is 109 Å². The zero-order valence-electron chi connectivity index (χ0n) is 37.1. The van der Waals surface area contributed by atoms with Crippen molar-refractivity contribution in [3.8, 4) is 69.8 Å². The molecule has 0 radical (unpaired) electrons. The van der Waals surface area contributed by atoms with Crippen LogP contribution in [-0.2, 0) is 0 Å². The molecule has 7 aromatic carbocycles. The number of fused-ring (bicyclic) bond motifs is 9. The van der Waals surface area contributed by atoms with E-state index < -0.39 is 0 Å². The molecule has 13 rings (SSSR count). The average molecular weight is 943 g/mol. The minimum Gasteiger partial charge on any atom is -0.435 e. The molecule has 6 heterocycles. The molecule has 0 aliphatic heterocycles. The molecular formula is C54H30N12O6. The van der Waals surface area contributed by atoms with E-state index in [-0.39, 0.29) is 102 Å². The number of nitrogens with zero attached hydrogens (tertiary/aromatic N) is 12. The highest BCUT2D eigenvalue weighted by Gasteiger charge is 2.26. The van der Waals surface area contributed by atoms with E-state index in [0.717, 1.165) is 0 Å². The number of hydrogen-bond donors (Lipinski definition) is 0. The molecule has 0 spiro atoms. The van der Waals surface area contributed by atoms with Gasteiger partial charge in [-0.05, 0) is 72.8 Å². The average Bonchev–Trinajstić information content (AvgIpc) is 3.42. The van der Waals surface area contributed by atoms with E-state index in [1.54, 1.807) is 72.8 Å². The first kappa shape index (κ1) is 41.6. The highest BCUT2D eigenvalue weighted by atomic mass is 16.5. The third-order valence-corrected chi connectivity index (χ3v) is 10.8. The summed E-state index contributed by atoms with van der Waals surface area (Å²) in [5.41, 5.74) is 1.90. The molecule has 0 bridgehead atoms. The van der Waals surface area contributed by atoms with Crippen LogP contribution in [0.3, 0.4) is 0 Å². The van der Waals surface area contributed by atoms with E-state index in [2.05, 4.69) is 0 Å². The van der Waals surface area contributed by atoms with Gasteiger partial charge in [0, 0.05) is 0 Å². The second kappa shape index (κ2) is 17.8. The molecule has 13 aromatic rings. The molecule has 18 heteroatoms. The second-order valence-corrected chi connectivity index (χ2v) is 15.7. The van der Waals surface area contributed by atoms with Crippen LogP contribution in [0.2, 0.25) is 0 Å².